The van der Waals surface area contributed by atoms with Crippen molar-refractivity contribution in [1.29, 1.82) is 0 Å². The fourth-order valence-electron chi connectivity index (χ4n) is 2.43. The van der Waals surface area contributed by atoms with Crippen LogP contribution < -0.4 is 5.73 Å². The third-order valence-electron chi connectivity index (χ3n) is 3.76. The zero-order valence-corrected chi connectivity index (χ0v) is 11.3. The van der Waals surface area contributed by atoms with Gasteiger partial charge in [-0.25, -0.2) is 0 Å². The van der Waals surface area contributed by atoms with Gasteiger partial charge >= 0.3 is 0 Å². The molecule has 0 heterocycles. The number of ether oxygens (including phenoxy) is 1. The molecule has 0 radical (unpaired) electrons. The lowest BCUT2D eigenvalue weighted by molar-refractivity contribution is -0.132. The molecule has 1 aliphatic carbocycles. The molecule has 0 aromatic rings. The molecule has 1 fully saturated rings. The average molecular weight is 242 g/mol. The summed E-state index contributed by atoms with van der Waals surface area (Å²) in [6.07, 6.45) is 5.26. The molecule has 1 rings (SSSR count). The molecule has 0 aliphatic heterocycles. The van der Waals surface area contributed by atoms with Crippen LogP contribution in [-0.4, -0.2) is 43.7 Å². The van der Waals surface area contributed by atoms with Gasteiger partial charge in [-0.05, 0) is 25.7 Å². The van der Waals surface area contributed by atoms with Gasteiger partial charge < -0.3 is 15.4 Å². The van der Waals surface area contributed by atoms with Crippen LogP contribution in [0.4, 0.5) is 0 Å². The van der Waals surface area contributed by atoms with E-state index in [0.29, 0.717) is 18.9 Å². The van der Waals surface area contributed by atoms with Crippen molar-refractivity contribution in [3.63, 3.8) is 0 Å². The van der Waals surface area contributed by atoms with E-state index in [2.05, 4.69) is 0 Å². The van der Waals surface area contributed by atoms with Crippen molar-refractivity contribution < 1.29 is 9.53 Å². The zero-order chi connectivity index (χ0) is 12.8. The van der Waals surface area contributed by atoms with Crippen molar-refractivity contribution >= 4 is 5.91 Å². The molecule has 1 amide bonds. The van der Waals surface area contributed by atoms with Crippen LogP contribution in [0.2, 0.25) is 0 Å². The predicted molar refractivity (Wildman–Crippen MR) is 68.7 cm³/mol. The normalized spacial score (nSPS) is 26.6. The fraction of sp³-hybridized carbons (Fsp3) is 0.923. The van der Waals surface area contributed by atoms with Gasteiger partial charge in [0.15, 0.2) is 0 Å². The Bertz CT molecular complexity index is 246. The summed E-state index contributed by atoms with van der Waals surface area (Å²) in [6.45, 7) is 2.62. The van der Waals surface area contributed by atoms with E-state index in [-0.39, 0.29) is 18.1 Å². The smallest absolute Gasteiger partial charge is 0.222 e. The predicted octanol–water partition coefficient (Wildman–Crippen LogP) is 1.39. The minimum atomic E-state index is 0.0870. The maximum absolute atomic E-state index is 12.0. The molecule has 0 aromatic heterocycles. The van der Waals surface area contributed by atoms with E-state index in [1.165, 1.54) is 12.8 Å². The molecule has 0 bridgehead atoms. The van der Waals surface area contributed by atoms with Gasteiger partial charge in [-0.3, -0.25) is 4.79 Å². The maximum Gasteiger partial charge on any atom is 0.222 e. The highest BCUT2D eigenvalue weighted by molar-refractivity contribution is 5.76. The summed E-state index contributed by atoms with van der Waals surface area (Å²) in [5.74, 6) is 0.563. The summed E-state index contributed by atoms with van der Waals surface area (Å²) in [7, 11) is 3.51. The number of rotatable bonds is 5. The summed E-state index contributed by atoms with van der Waals surface area (Å²) in [6, 6.07) is 0.209. The standard InChI is InChI=1S/C13H26N2O2/c1-10(17-3)9-15(2)13(16)8-11-6-4-5-7-12(11)14/h10-12H,4-9,14H2,1-3H3. The van der Waals surface area contributed by atoms with Gasteiger partial charge in [0.05, 0.1) is 6.10 Å². The van der Waals surface area contributed by atoms with Crippen molar-refractivity contribution in [3.8, 4) is 0 Å². The van der Waals surface area contributed by atoms with E-state index in [9.17, 15) is 4.79 Å². The van der Waals surface area contributed by atoms with E-state index in [1.54, 1.807) is 12.0 Å². The van der Waals surface area contributed by atoms with Gasteiger partial charge in [0, 0.05) is 33.2 Å². The molecule has 0 saturated heterocycles. The molecule has 0 aromatic carbocycles. The molecule has 3 atom stereocenters. The van der Waals surface area contributed by atoms with E-state index < -0.39 is 0 Å². The van der Waals surface area contributed by atoms with Crippen molar-refractivity contribution in [1.82, 2.24) is 4.90 Å². The first-order valence-corrected chi connectivity index (χ1v) is 6.57. The molecule has 4 nitrogen and oxygen atoms in total. The van der Waals surface area contributed by atoms with Gasteiger partial charge in [0.1, 0.15) is 0 Å². The molecule has 100 valence electrons. The third-order valence-corrected chi connectivity index (χ3v) is 3.76. The minimum absolute atomic E-state index is 0.0870. The van der Waals surface area contributed by atoms with E-state index in [0.717, 1.165) is 12.8 Å². The molecule has 17 heavy (non-hydrogen) atoms. The Kier molecular flexibility index (Phi) is 5.92. The van der Waals surface area contributed by atoms with Gasteiger partial charge in [-0.15, -0.1) is 0 Å². The van der Waals surface area contributed by atoms with E-state index in [4.69, 9.17) is 10.5 Å². The number of carbonyl (C=O) groups excluding carboxylic acids is 1. The molecule has 1 saturated carbocycles. The second-order valence-electron chi connectivity index (χ2n) is 5.23. The van der Waals surface area contributed by atoms with Crippen LogP contribution in [0.1, 0.15) is 39.0 Å². The Balaban J connectivity index is 2.36. The molecular formula is C13H26N2O2. The van der Waals surface area contributed by atoms with Crippen LogP contribution in [0.3, 0.4) is 0 Å². The molecule has 1 aliphatic rings. The topological polar surface area (TPSA) is 55.6 Å². The maximum atomic E-state index is 12.0. The minimum Gasteiger partial charge on any atom is -0.380 e. The first-order valence-electron chi connectivity index (χ1n) is 6.57. The second kappa shape index (κ2) is 6.97. The third kappa shape index (κ3) is 4.64. The summed E-state index contributed by atoms with van der Waals surface area (Å²) in [5.41, 5.74) is 6.06. The van der Waals surface area contributed by atoms with Gasteiger partial charge in [-0.1, -0.05) is 12.8 Å². The number of methoxy groups -OCH3 is 1. The Labute approximate surface area is 104 Å². The van der Waals surface area contributed by atoms with Crippen LogP contribution in [-0.2, 0) is 9.53 Å². The molecule has 3 unspecified atom stereocenters. The summed E-state index contributed by atoms with van der Waals surface area (Å²) in [4.78, 5) is 13.8. The van der Waals surface area contributed by atoms with E-state index >= 15 is 0 Å². The zero-order valence-electron chi connectivity index (χ0n) is 11.3. The number of hydrogen-bond donors (Lipinski definition) is 1. The number of carbonyl (C=O) groups is 1. The van der Waals surface area contributed by atoms with Crippen LogP contribution >= 0.6 is 0 Å². The number of nitrogens with two attached hydrogens (primary N) is 1. The molecule has 0 spiro atoms. The number of likely N-dealkylation sites (N-methyl/N-ethyl adjacent to an activating group) is 1. The van der Waals surface area contributed by atoms with Gasteiger partial charge in [-0.2, -0.15) is 0 Å². The lowest BCUT2D eigenvalue weighted by Gasteiger charge is -2.30. The van der Waals surface area contributed by atoms with Crippen molar-refractivity contribution in [2.75, 3.05) is 20.7 Å². The Morgan fingerprint density at radius 3 is 2.71 bits per heavy atom. The highest BCUT2D eigenvalue weighted by Gasteiger charge is 2.25. The Morgan fingerprint density at radius 1 is 1.47 bits per heavy atom. The largest absolute Gasteiger partial charge is 0.380 e. The van der Waals surface area contributed by atoms with Crippen molar-refractivity contribution in [2.45, 2.75) is 51.2 Å². The summed E-state index contributed by atoms with van der Waals surface area (Å²) >= 11 is 0. The first kappa shape index (κ1) is 14.5. The highest BCUT2D eigenvalue weighted by Crippen LogP contribution is 2.26. The van der Waals surface area contributed by atoms with Crippen LogP contribution in [0.15, 0.2) is 0 Å². The summed E-state index contributed by atoms with van der Waals surface area (Å²) < 4.78 is 5.16. The average Bonchev–Trinajstić information content (AvgIpc) is 2.31. The lowest BCUT2D eigenvalue weighted by Crippen LogP contribution is -2.39. The molecule has 4 heteroatoms. The van der Waals surface area contributed by atoms with Crippen LogP contribution in [0.5, 0.6) is 0 Å². The van der Waals surface area contributed by atoms with Crippen molar-refractivity contribution in [2.24, 2.45) is 11.7 Å². The SMILES string of the molecule is COC(C)CN(C)C(=O)CC1CCCCC1N. The monoisotopic (exact) mass is 242 g/mol. The van der Waals surface area contributed by atoms with Gasteiger partial charge in [0.25, 0.3) is 0 Å². The van der Waals surface area contributed by atoms with Crippen LogP contribution in [0.25, 0.3) is 0 Å². The Hall–Kier alpha value is -0.610. The number of nitrogens with zero attached hydrogens (tertiary/aromatic N) is 1. The Morgan fingerprint density at radius 2 is 2.12 bits per heavy atom. The number of hydrogen-bond acceptors (Lipinski definition) is 3. The molecular weight excluding hydrogens is 216 g/mol. The highest BCUT2D eigenvalue weighted by atomic mass is 16.5. The summed E-state index contributed by atoms with van der Waals surface area (Å²) in [5, 5.41) is 0. The van der Waals surface area contributed by atoms with Crippen LogP contribution in [0, 0.1) is 5.92 Å². The fourth-order valence-corrected chi connectivity index (χ4v) is 2.43. The lowest BCUT2D eigenvalue weighted by atomic mass is 9.83. The second-order valence-corrected chi connectivity index (χ2v) is 5.23. The first-order chi connectivity index (χ1) is 8.04. The number of amides is 1. The van der Waals surface area contributed by atoms with E-state index in [1.807, 2.05) is 14.0 Å². The quantitative estimate of drug-likeness (QED) is 0.792. The van der Waals surface area contributed by atoms with Crippen molar-refractivity contribution in [3.05, 3.63) is 0 Å². The van der Waals surface area contributed by atoms with Gasteiger partial charge in [0.2, 0.25) is 5.91 Å². The molecule has 2 N–H and O–H groups in total.